The fourth-order valence-electron chi connectivity index (χ4n) is 3.47. The lowest BCUT2D eigenvalue weighted by Gasteiger charge is -2.39. The van der Waals surface area contributed by atoms with E-state index in [1.807, 2.05) is 30.3 Å². The average Bonchev–Trinajstić information content (AvgIpc) is 2.69. The lowest BCUT2D eigenvalue weighted by atomic mass is 10.0. The summed E-state index contributed by atoms with van der Waals surface area (Å²) in [5, 5.41) is 6.66. The Bertz CT molecular complexity index is 824. The molecule has 2 aromatic rings. The minimum atomic E-state index is 0.0474. The first-order valence-corrected chi connectivity index (χ1v) is 9.13. The number of nitrogens with one attached hydrogen (secondary N) is 2. The van der Waals surface area contributed by atoms with Crippen molar-refractivity contribution in [2.24, 2.45) is 4.99 Å². The molecule has 0 aromatic heterocycles. The number of fused-ring (bicyclic) bond motifs is 1. The molecule has 0 bridgehead atoms. The van der Waals surface area contributed by atoms with Crippen molar-refractivity contribution < 1.29 is 0 Å². The van der Waals surface area contributed by atoms with Crippen LogP contribution in [0.15, 0.2) is 89.7 Å². The molecule has 4 heteroatoms. The number of nitrogens with zero attached hydrogens (tertiary/aromatic N) is 2. The Balaban J connectivity index is 1.52. The Morgan fingerprint density at radius 1 is 1.12 bits per heavy atom. The first kappa shape index (κ1) is 16.5. The van der Waals surface area contributed by atoms with Crippen LogP contribution in [0.25, 0.3) is 0 Å². The van der Waals surface area contributed by atoms with Crippen LogP contribution in [0, 0.1) is 0 Å². The van der Waals surface area contributed by atoms with Crippen molar-refractivity contribution in [3.05, 3.63) is 90.3 Å². The van der Waals surface area contributed by atoms with E-state index in [2.05, 4.69) is 71.3 Å². The molecule has 2 aliphatic heterocycles. The van der Waals surface area contributed by atoms with Crippen molar-refractivity contribution in [3.8, 4) is 0 Å². The zero-order valence-corrected chi connectivity index (χ0v) is 15.0. The molecule has 2 unspecified atom stereocenters. The average molecular weight is 344 g/mol. The molecular formula is C22H24N4. The first-order valence-electron chi connectivity index (χ1n) is 9.13. The summed E-state index contributed by atoms with van der Waals surface area (Å²) in [6.45, 7) is 2.27. The monoisotopic (exact) mass is 344 g/mol. The van der Waals surface area contributed by atoms with Gasteiger partial charge in [0, 0.05) is 17.9 Å². The van der Waals surface area contributed by atoms with Gasteiger partial charge in [-0.15, -0.1) is 0 Å². The number of guanidine groups is 1. The smallest absolute Gasteiger partial charge is 0.202 e. The Labute approximate surface area is 155 Å². The number of hydrogen-bond acceptors (Lipinski definition) is 4. The van der Waals surface area contributed by atoms with Crippen LogP contribution in [-0.2, 0) is 6.42 Å². The predicted molar refractivity (Wildman–Crippen MR) is 108 cm³/mol. The van der Waals surface area contributed by atoms with Crippen LogP contribution in [0.3, 0.4) is 0 Å². The van der Waals surface area contributed by atoms with Gasteiger partial charge >= 0.3 is 0 Å². The molecule has 2 aliphatic rings. The van der Waals surface area contributed by atoms with Crippen molar-refractivity contribution in [1.82, 2.24) is 10.2 Å². The van der Waals surface area contributed by atoms with Crippen LogP contribution >= 0.6 is 0 Å². The maximum atomic E-state index is 4.94. The molecule has 2 N–H and O–H groups in total. The minimum absolute atomic E-state index is 0.0474. The van der Waals surface area contributed by atoms with E-state index in [9.17, 15) is 0 Å². The molecule has 0 fully saturated rings. The lowest BCUT2D eigenvalue weighted by Crippen LogP contribution is -2.45. The Morgan fingerprint density at radius 2 is 1.85 bits per heavy atom. The number of hydrogen-bond donors (Lipinski definition) is 2. The Hall–Kier alpha value is -3.01. The van der Waals surface area contributed by atoms with Crippen LogP contribution in [0.4, 0.5) is 5.69 Å². The van der Waals surface area contributed by atoms with Gasteiger partial charge in [0.1, 0.15) is 6.17 Å². The van der Waals surface area contributed by atoms with Gasteiger partial charge < -0.3 is 15.5 Å². The third-order valence-corrected chi connectivity index (χ3v) is 4.81. The molecule has 0 saturated heterocycles. The van der Waals surface area contributed by atoms with E-state index in [-0.39, 0.29) is 6.17 Å². The van der Waals surface area contributed by atoms with Gasteiger partial charge in [0.2, 0.25) is 5.96 Å². The van der Waals surface area contributed by atoms with Gasteiger partial charge in [-0.1, -0.05) is 54.6 Å². The summed E-state index contributed by atoms with van der Waals surface area (Å²) in [7, 11) is 0. The summed E-state index contributed by atoms with van der Waals surface area (Å²) < 4.78 is 0. The van der Waals surface area contributed by atoms with E-state index in [1.54, 1.807) is 0 Å². The molecule has 0 amide bonds. The summed E-state index contributed by atoms with van der Waals surface area (Å²) >= 11 is 0. The van der Waals surface area contributed by atoms with E-state index in [1.165, 1.54) is 11.1 Å². The van der Waals surface area contributed by atoms with E-state index in [0.717, 1.165) is 24.5 Å². The van der Waals surface area contributed by atoms with Gasteiger partial charge in [0.15, 0.2) is 0 Å². The number of rotatable bonds is 4. The molecule has 132 valence electrons. The lowest BCUT2D eigenvalue weighted by molar-refractivity contribution is 0.232. The van der Waals surface area contributed by atoms with Gasteiger partial charge in [-0.3, -0.25) is 0 Å². The Kier molecular flexibility index (Phi) is 4.73. The maximum absolute atomic E-state index is 4.94. The third kappa shape index (κ3) is 3.64. The quantitative estimate of drug-likeness (QED) is 0.876. The third-order valence-electron chi connectivity index (χ3n) is 4.81. The van der Waals surface area contributed by atoms with Crippen LogP contribution in [-0.4, -0.2) is 23.1 Å². The minimum Gasteiger partial charge on any atom is -0.350 e. The summed E-state index contributed by atoms with van der Waals surface area (Å²) in [5.74, 6) is 0.789. The standard InChI is InChI=1S/C22H24N4/c1-17(15-18-9-4-2-5-10-18)26-14-8-11-19-16-23-22(25-21(19)26)24-20-12-6-3-7-13-20/h2-10,12-14,16-17,21H,11,15H2,1H3,(H2,23,24,25). The number of allylic oxidation sites excluding steroid dienone is 1. The van der Waals surface area contributed by atoms with Crippen molar-refractivity contribution >= 4 is 11.6 Å². The summed E-state index contributed by atoms with van der Waals surface area (Å²) in [5.41, 5.74) is 3.68. The van der Waals surface area contributed by atoms with Gasteiger partial charge in [0.25, 0.3) is 0 Å². The molecular weight excluding hydrogens is 320 g/mol. The second-order valence-corrected chi connectivity index (χ2v) is 6.78. The highest BCUT2D eigenvalue weighted by Crippen LogP contribution is 2.27. The van der Waals surface area contributed by atoms with Gasteiger partial charge in [0.05, 0.1) is 0 Å². The van der Waals surface area contributed by atoms with E-state index in [4.69, 9.17) is 4.99 Å². The molecule has 4 rings (SSSR count). The predicted octanol–water partition coefficient (Wildman–Crippen LogP) is 4.12. The summed E-state index contributed by atoms with van der Waals surface area (Å²) in [6, 6.07) is 21.1. The highest BCUT2D eigenvalue weighted by atomic mass is 15.3. The van der Waals surface area contributed by atoms with Crippen molar-refractivity contribution in [2.45, 2.75) is 32.0 Å². The van der Waals surface area contributed by atoms with Gasteiger partial charge in [-0.2, -0.15) is 0 Å². The number of para-hydroxylation sites is 1. The zero-order valence-electron chi connectivity index (χ0n) is 15.0. The molecule has 0 saturated carbocycles. The number of anilines is 1. The molecule has 0 aliphatic carbocycles. The van der Waals surface area contributed by atoms with Gasteiger partial charge in [-0.05, 0) is 49.2 Å². The van der Waals surface area contributed by atoms with Gasteiger partial charge in [-0.25, -0.2) is 4.99 Å². The van der Waals surface area contributed by atoms with Crippen molar-refractivity contribution in [3.63, 3.8) is 0 Å². The summed E-state index contributed by atoms with van der Waals surface area (Å²) in [6.07, 6.45) is 8.50. The van der Waals surface area contributed by atoms with Crippen LogP contribution in [0.2, 0.25) is 0 Å². The highest BCUT2D eigenvalue weighted by Gasteiger charge is 2.28. The highest BCUT2D eigenvalue weighted by molar-refractivity contribution is 5.95. The molecule has 2 atom stereocenters. The Morgan fingerprint density at radius 3 is 2.62 bits per heavy atom. The largest absolute Gasteiger partial charge is 0.350 e. The normalized spacial score (nSPS) is 19.7. The zero-order chi connectivity index (χ0) is 17.8. The van der Waals surface area contributed by atoms with Crippen molar-refractivity contribution in [1.29, 1.82) is 0 Å². The molecule has 4 nitrogen and oxygen atoms in total. The van der Waals surface area contributed by atoms with Crippen LogP contribution in [0.1, 0.15) is 18.9 Å². The first-order chi connectivity index (χ1) is 12.8. The fourth-order valence-corrected chi connectivity index (χ4v) is 3.47. The maximum Gasteiger partial charge on any atom is 0.202 e. The van der Waals surface area contributed by atoms with Crippen molar-refractivity contribution in [2.75, 3.05) is 5.32 Å². The van der Waals surface area contributed by atoms with Crippen LogP contribution < -0.4 is 10.6 Å². The molecule has 0 spiro atoms. The topological polar surface area (TPSA) is 39.7 Å². The fraction of sp³-hybridized carbons (Fsp3) is 0.227. The molecule has 2 aromatic carbocycles. The van der Waals surface area contributed by atoms with Crippen LogP contribution in [0.5, 0.6) is 0 Å². The number of aliphatic imine (C=N–C) groups is 1. The number of benzene rings is 2. The second kappa shape index (κ2) is 7.48. The molecule has 0 radical (unpaired) electrons. The molecule has 2 heterocycles. The van der Waals surface area contributed by atoms with E-state index >= 15 is 0 Å². The molecule has 26 heavy (non-hydrogen) atoms. The van der Waals surface area contributed by atoms with E-state index in [0.29, 0.717) is 6.04 Å². The summed E-state index contributed by atoms with van der Waals surface area (Å²) in [4.78, 5) is 7.30. The van der Waals surface area contributed by atoms with E-state index < -0.39 is 0 Å². The second-order valence-electron chi connectivity index (χ2n) is 6.78. The SMILES string of the molecule is CC(Cc1ccccc1)N1C=CCC2=CNC(Nc3ccccc3)=NC21.